The van der Waals surface area contributed by atoms with Crippen LogP contribution in [0.4, 0.5) is 0 Å². The first-order chi connectivity index (χ1) is 24.7. The molecule has 0 amide bonds. The van der Waals surface area contributed by atoms with Crippen molar-refractivity contribution >= 4 is 92.0 Å². The summed E-state index contributed by atoms with van der Waals surface area (Å²) < 4.78 is 21.0. The van der Waals surface area contributed by atoms with Crippen molar-refractivity contribution in [2.45, 2.75) is 31.4 Å². The molecule has 0 saturated carbocycles. The van der Waals surface area contributed by atoms with Gasteiger partial charge in [-0.25, -0.2) is 14.6 Å². The average Bonchev–Trinajstić information content (AvgIpc) is 3.45. The lowest BCUT2D eigenvalue weighted by molar-refractivity contribution is -0.138. The number of benzene rings is 4. The summed E-state index contributed by atoms with van der Waals surface area (Å²) in [5, 5.41) is 0. The van der Waals surface area contributed by atoms with Crippen LogP contribution in [0.15, 0.2) is 111 Å². The second-order valence-electron chi connectivity index (χ2n) is 11.2. The van der Waals surface area contributed by atoms with Crippen LogP contribution in [0, 0.1) is 7.14 Å². The molecular weight excluding hydrogens is 910 g/mol. The van der Waals surface area contributed by atoms with E-state index in [2.05, 4.69) is 45.2 Å². The number of ether oxygens (including phenoxy) is 3. The van der Waals surface area contributed by atoms with E-state index in [1.807, 2.05) is 91.2 Å². The molecule has 0 bridgehead atoms. The lowest BCUT2D eigenvalue weighted by atomic mass is 9.93. The molecule has 0 aliphatic carbocycles. The van der Waals surface area contributed by atoms with Crippen LogP contribution < -0.4 is 19.6 Å². The molecule has 0 N–H and O–H groups in total. The van der Waals surface area contributed by atoms with Gasteiger partial charge in [0.15, 0.2) is 4.80 Å². The highest BCUT2D eigenvalue weighted by Crippen LogP contribution is 2.36. The topological polar surface area (TPSA) is 96.2 Å². The van der Waals surface area contributed by atoms with E-state index < -0.39 is 12.0 Å². The van der Waals surface area contributed by atoms with Gasteiger partial charge in [0, 0.05) is 19.6 Å². The maximum atomic E-state index is 14.5. The van der Waals surface area contributed by atoms with Gasteiger partial charge in [-0.3, -0.25) is 9.36 Å². The fraction of sp³-hybridized carbons (Fsp3) is 0.179. The minimum absolute atomic E-state index is 0.177. The second kappa shape index (κ2) is 16.7. The Kier molecular flexibility index (Phi) is 12.2. The van der Waals surface area contributed by atoms with Gasteiger partial charge in [0.2, 0.25) is 0 Å². The molecule has 0 unspecified atom stereocenters. The zero-order chi connectivity index (χ0) is 36.1. The molecule has 1 aliphatic heterocycles. The Morgan fingerprint density at radius 3 is 2.27 bits per heavy atom. The number of carbonyl (C=O) groups is 2. The monoisotopic (exact) mass is 942 g/mol. The van der Waals surface area contributed by atoms with Crippen LogP contribution in [0.3, 0.4) is 0 Å². The molecule has 1 atom stereocenters. The first-order valence-electron chi connectivity index (χ1n) is 16.0. The summed E-state index contributed by atoms with van der Waals surface area (Å²) in [6.45, 7) is 4.27. The number of rotatable bonds is 11. The van der Waals surface area contributed by atoms with E-state index in [9.17, 15) is 14.4 Å². The highest BCUT2D eigenvalue weighted by molar-refractivity contribution is 14.1. The predicted octanol–water partition coefficient (Wildman–Crippen LogP) is 7.62. The second-order valence-corrected chi connectivity index (χ2v) is 15.5. The molecule has 5 aromatic rings. The number of halogens is 2. The SMILES string of the molecule is CCOC(=O)C1=C(c2ccccc2)N=c2s/c(=C\c3cc(I)cc(I)c3OCc3ccc(C(=O)OCC)cc3)c(=O)n2[C@H]1c1ccc(SC)cc1. The van der Waals surface area contributed by atoms with Crippen molar-refractivity contribution in [3.05, 3.63) is 151 Å². The summed E-state index contributed by atoms with van der Waals surface area (Å²) in [7, 11) is 0. The van der Waals surface area contributed by atoms with Gasteiger partial charge in [0.05, 0.1) is 44.2 Å². The Labute approximate surface area is 330 Å². The summed E-state index contributed by atoms with van der Waals surface area (Å²) in [5.41, 5.74) is 4.10. The third kappa shape index (κ3) is 8.18. The molecule has 4 aromatic carbocycles. The van der Waals surface area contributed by atoms with E-state index in [1.54, 1.807) is 42.3 Å². The maximum absolute atomic E-state index is 14.5. The standard InChI is InChI=1S/C39H32I2N2O6S2/c1-4-47-37(45)26-13-11-23(12-14-26)22-49-35-27(19-28(40)21-30(35)41)20-31-36(44)43-34(25-15-17-29(50-3)18-16-25)32(38(46)48-5-2)33(42-39(43)51-31)24-9-7-6-8-10-24/h6-21,34H,4-5,22H2,1-3H3/b31-20-/t34-/m0/s1. The predicted molar refractivity (Wildman–Crippen MR) is 218 cm³/mol. The summed E-state index contributed by atoms with van der Waals surface area (Å²) in [6, 6.07) is 27.7. The molecule has 8 nitrogen and oxygen atoms in total. The van der Waals surface area contributed by atoms with E-state index in [4.69, 9.17) is 19.2 Å². The third-order valence-electron chi connectivity index (χ3n) is 7.98. The molecule has 1 aliphatic rings. The van der Waals surface area contributed by atoms with E-state index >= 15 is 0 Å². The van der Waals surface area contributed by atoms with Crippen molar-refractivity contribution < 1.29 is 23.8 Å². The van der Waals surface area contributed by atoms with Crippen LogP contribution >= 0.6 is 68.3 Å². The molecule has 0 spiro atoms. The third-order valence-corrected chi connectivity index (χ3v) is 11.1. The molecule has 6 rings (SSSR count). The number of carbonyl (C=O) groups excluding carboxylic acids is 2. The zero-order valence-electron chi connectivity index (χ0n) is 27.9. The summed E-state index contributed by atoms with van der Waals surface area (Å²) in [5.74, 6) is -0.269. The zero-order valence-corrected chi connectivity index (χ0v) is 33.8. The molecule has 2 heterocycles. The van der Waals surface area contributed by atoms with Gasteiger partial charge in [-0.2, -0.15) is 0 Å². The number of esters is 2. The highest BCUT2D eigenvalue weighted by Gasteiger charge is 2.35. The highest BCUT2D eigenvalue weighted by atomic mass is 127. The molecule has 0 saturated heterocycles. The summed E-state index contributed by atoms with van der Waals surface area (Å²) >= 11 is 7.37. The number of hydrogen-bond donors (Lipinski definition) is 0. The summed E-state index contributed by atoms with van der Waals surface area (Å²) in [6.07, 6.45) is 3.83. The minimum Gasteiger partial charge on any atom is -0.487 e. The number of thiazole rings is 1. The number of nitrogens with zero attached hydrogens (tertiary/aromatic N) is 2. The van der Waals surface area contributed by atoms with E-state index in [1.165, 1.54) is 11.3 Å². The van der Waals surface area contributed by atoms with Gasteiger partial charge in [-0.05, 0) is 119 Å². The Morgan fingerprint density at radius 2 is 1.61 bits per heavy atom. The van der Waals surface area contributed by atoms with Gasteiger partial charge < -0.3 is 14.2 Å². The van der Waals surface area contributed by atoms with Crippen molar-refractivity contribution in [3.63, 3.8) is 0 Å². The van der Waals surface area contributed by atoms with E-state index in [-0.39, 0.29) is 24.7 Å². The number of thioether (sulfide) groups is 1. The molecule has 260 valence electrons. The molecule has 12 heteroatoms. The number of hydrogen-bond acceptors (Lipinski definition) is 9. The quantitative estimate of drug-likeness (QED) is 0.0765. The fourth-order valence-corrected chi connectivity index (χ4v) is 9.08. The lowest BCUT2D eigenvalue weighted by Gasteiger charge is -2.26. The van der Waals surface area contributed by atoms with Gasteiger partial charge in [-0.15, -0.1) is 11.8 Å². The lowest BCUT2D eigenvalue weighted by Crippen LogP contribution is -2.40. The minimum atomic E-state index is -0.766. The van der Waals surface area contributed by atoms with Crippen molar-refractivity contribution in [1.29, 1.82) is 0 Å². The normalized spacial score (nSPS) is 14.1. The average molecular weight is 943 g/mol. The van der Waals surface area contributed by atoms with Crippen LogP contribution in [-0.4, -0.2) is 36.0 Å². The van der Waals surface area contributed by atoms with Crippen molar-refractivity contribution in [2.24, 2.45) is 4.99 Å². The van der Waals surface area contributed by atoms with Crippen molar-refractivity contribution in [2.75, 3.05) is 19.5 Å². The van der Waals surface area contributed by atoms with E-state index in [0.29, 0.717) is 38.5 Å². The largest absolute Gasteiger partial charge is 0.487 e. The van der Waals surface area contributed by atoms with Crippen LogP contribution in [0.1, 0.15) is 52.5 Å². The first-order valence-corrected chi connectivity index (χ1v) is 20.2. The molecular formula is C39H32I2N2O6S2. The Balaban J connectivity index is 1.48. The van der Waals surface area contributed by atoms with Gasteiger partial charge >= 0.3 is 11.9 Å². The smallest absolute Gasteiger partial charge is 0.338 e. The molecule has 51 heavy (non-hydrogen) atoms. The van der Waals surface area contributed by atoms with Gasteiger partial charge in [-0.1, -0.05) is 65.9 Å². The Hall–Kier alpha value is -3.73. The first kappa shape index (κ1) is 37.0. The van der Waals surface area contributed by atoms with Crippen LogP contribution in [0.5, 0.6) is 5.75 Å². The van der Waals surface area contributed by atoms with Gasteiger partial charge in [0.25, 0.3) is 5.56 Å². The maximum Gasteiger partial charge on any atom is 0.338 e. The van der Waals surface area contributed by atoms with E-state index in [0.717, 1.165) is 34.3 Å². The Morgan fingerprint density at radius 1 is 0.922 bits per heavy atom. The number of fused-ring (bicyclic) bond motifs is 1. The fourth-order valence-electron chi connectivity index (χ4n) is 5.63. The van der Waals surface area contributed by atoms with Crippen LogP contribution in [-0.2, 0) is 20.9 Å². The molecule has 0 radical (unpaired) electrons. The van der Waals surface area contributed by atoms with Gasteiger partial charge in [0.1, 0.15) is 12.4 Å². The molecule has 1 aromatic heterocycles. The molecule has 0 fully saturated rings. The van der Waals surface area contributed by atoms with Crippen LogP contribution in [0.2, 0.25) is 0 Å². The Bertz CT molecular complexity index is 2300. The number of aromatic nitrogens is 1. The van der Waals surface area contributed by atoms with Crippen molar-refractivity contribution in [3.8, 4) is 5.75 Å². The van der Waals surface area contributed by atoms with Crippen LogP contribution in [0.25, 0.3) is 11.8 Å². The summed E-state index contributed by atoms with van der Waals surface area (Å²) in [4.78, 5) is 46.9. The van der Waals surface area contributed by atoms with Crippen molar-refractivity contribution in [1.82, 2.24) is 4.57 Å².